The molecule has 1 aliphatic rings. The zero-order valence-electron chi connectivity index (χ0n) is 16.7. The number of nitrogens with zero attached hydrogens (tertiary/aromatic N) is 3. The van der Waals surface area contributed by atoms with Crippen molar-refractivity contribution in [2.45, 2.75) is 26.7 Å². The van der Waals surface area contributed by atoms with E-state index in [-0.39, 0.29) is 11.7 Å². The van der Waals surface area contributed by atoms with Gasteiger partial charge in [-0.15, -0.1) is 0 Å². The number of aromatic amines is 1. The Hall–Kier alpha value is -3.28. The van der Waals surface area contributed by atoms with Gasteiger partial charge in [-0.05, 0) is 50.0 Å². The molecule has 6 nitrogen and oxygen atoms in total. The maximum Gasteiger partial charge on any atom is 0.272 e. The minimum Gasteiger partial charge on any atom is -0.346 e. The smallest absolute Gasteiger partial charge is 0.272 e. The van der Waals surface area contributed by atoms with Crippen LogP contribution in [0.25, 0.3) is 28.2 Å². The first-order chi connectivity index (χ1) is 14.0. The normalized spacial score (nSPS) is 15.3. The van der Waals surface area contributed by atoms with Gasteiger partial charge in [0.1, 0.15) is 11.3 Å². The summed E-state index contributed by atoms with van der Waals surface area (Å²) in [4.78, 5) is 37.8. The minimum atomic E-state index is -0.00363. The van der Waals surface area contributed by atoms with Crippen molar-refractivity contribution in [3.05, 3.63) is 54.1 Å². The van der Waals surface area contributed by atoms with Gasteiger partial charge in [0.05, 0.1) is 0 Å². The number of hydrogen-bond acceptors (Lipinski definition) is 4. The number of fused-ring (bicyclic) bond motifs is 1. The average molecular weight is 388 g/mol. The lowest BCUT2D eigenvalue weighted by Gasteiger charge is -2.30. The van der Waals surface area contributed by atoms with Gasteiger partial charge < -0.3 is 9.88 Å². The van der Waals surface area contributed by atoms with E-state index in [1.165, 1.54) is 6.92 Å². The number of H-pyrrole nitrogens is 1. The van der Waals surface area contributed by atoms with E-state index in [1.807, 2.05) is 23.2 Å². The number of likely N-dealkylation sites (tertiary alicyclic amines) is 1. The van der Waals surface area contributed by atoms with Crippen molar-refractivity contribution in [3.63, 3.8) is 0 Å². The number of rotatable bonds is 4. The van der Waals surface area contributed by atoms with Crippen LogP contribution in [0.1, 0.15) is 42.7 Å². The van der Waals surface area contributed by atoms with Crippen LogP contribution in [-0.4, -0.2) is 44.6 Å². The summed E-state index contributed by atoms with van der Waals surface area (Å²) in [6.07, 6.45) is 10.8. The zero-order chi connectivity index (χ0) is 20.4. The van der Waals surface area contributed by atoms with E-state index in [9.17, 15) is 9.59 Å². The molecule has 0 radical (unpaired) electrons. The third-order valence-corrected chi connectivity index (χ3v) is 5.45. The van der Waals surface area contributed by atoms with Gasteiger partial charge in [0, 0.05) is 53.8 Å². The van der Waals surface area contributed by atoms with Crippen LogP contribution in [-0.2, 0) is 4.79 Å². The van der Waals surface area contributed by atoms with Crippen LogP contribution < -0.4 is 0 Å². The Morgan fingerprint density at radius 1 is 1.14 bits per heavy atom. The van der Waals surface area contributed by atoms with Crippen molar-refractivity contribution in [3.8, 4) is 11.1 Å². The minimum absolute atomic E-state index is 0.000632. The Bertz CT molecular complexity index is 1070. The van der Waals surface area contributed by atoms with Crippen molar-refractivity contribution >= 4 is 28.8 Å². The SMILES string of the molecule is CC(=O)/C=C/c1c[nH]c2ncc(-c3ccc(C(=O)N4CCC(C)CC4)nc3)cc12. The standard InChI is InChI=1S/C23H24N4O2/c1-15-7-9-27(10-8-15)23(29)21-6-5-17(12-24-21)19-11-20-18(4-3-16(2)28)13-25-22(20)26-14-19/h3-6,11-15H,7-10H2,1-2H3,(H,25,26)/b4-3+. The van der Waals surface area contributed by atoms with Crippen LogP contribution in [0.15, 0.2) is 42.9 Å². The predicted octanol–water partition coefficient (Wildman–Crippen LogP) is 4.10. The molecule has 6 heteroatoms. The van der Waals surface area contributed by atoms with Gasteiger partial charge in [0.15, 0.2) is 5.78 Å². The second kappa shape index (κ2) is 7.99. The molecule has 4 heterocycles. The monoisotopic (exact) mass is 388 g/mol. The van der Waals surface area contributed by atoms with E-state index >= 15 is 0 Å². The molecule has 29 heavy (non-hydrogen) atoms. The fourth-order valence-electron chi connectivity index (χ4n) is 3.59. The maximum atomic E-state index is 12.7. The first-order valence-electron chi connectivity index (χ1n) is 9.93. The third-order valence-electron chi connectivity index (χ3n) is 5.45. The van der Waals surface area contributed by atoms with Crippen molar-refractivity contribution in [1.29, 1.82) is 0 Å². The summed E-state index contributed by atoms with van der Waals surface area (Å²) in [6.45, 7) is 5.35. The molecule has 1 amide bonds. The summed E-state index contributed by atoms with van der Waals surface area (Å²) in [5.41, 5.74) is 3.95. The molecule has 4 rings (SSSR count). The fourth-order valence-corrected chi connectivity index (χ4v) is 3.59. The largest absolute Gasteiger partial charge is 0.346 e. The van der Waals surface area contributed by atoms with Crippen LogP contribution in [0.5, 0.6) is 0 Å². The molecular formula is C23H24N4O2. The maximum absolute atomic E-state index is 12.7. The number of carbonyl (C=O) groups excluding carboxylic acids is 2. The molecule has 1 aliphatic heterocycles. The number of aromatic nitrogens is 3. The molecule has 1 fully saturated rings. The molecule has 0 bridgehead atoms. The molecule has 0 aromatic carbocycles. The predicted molar refractivity (Wildman–Crippen MR) is 113 cm³/mol. The molecule has 0 unspecified atom stereocenters. The molecular weight excluding hydrogens is 364 g/mol. The molecule has 0 spiro atoms. The zero-order valence-corrected chi connectivity index (χ0v) is 16.7. The highest BCUT2D eigenvalue weighted by molar-refractivity contribution is 5.96. The molecule has 0 atom stereocenters. The van der Waals surface area contributed by atoms with Crippen LogP contribution in [0.2, 0.25) is 0 Å². The van der Waals surface area contributed by atoms with Crippen molar-refractivity contribution in [2.24, 2.45) is 5.92 Å². The highest BCUT2D eigenvalue weighted by Gasteiger charge is 2.22. The summed E-state index contributed by atoms with van der Waals surface area (Å²) < 4.78 is 0. The van der Waals surface area contributed by atoms with E-state index in [0.717, 1.165) is 53.7 Å². The number of ketones is 1. The molecule has 3 aromatic heterocycles. The van der Waals surface area contributed by atoms with Gasteiger partial charge in [-0.3, -0.25) is 14.6 Å². The summed E-state index contributed by atoms with van der Waals surface area (Å²) in [5.74, 6) is 0.677. The number of amides is 1. The Labute approximate surface area is 169 Å². The average Bonchev–Trinajstić information content (AvgIpc) is 3.14. The first-order valence-corrected chi connectivity index (χ1v) is 9.93. The van der Waals surface area contributed by atoms with E-state index < -0.39 is 0 Å². The number of carbonyl (C=O) groups is 2. The molecule has 1 N–H and O–H groups in total. The summed E-state index contributed by atoms with van der Waals surface area (Å²) in [6, 6.07) is 5.71. The number of nitrogens with one attached hydrogen (secondary N) is 1. The van der Waals surface area contributed by atoms with Crippen molar-refractivity contribution < 1.29 is 9.59 Å². The summed E-state index contributed by atoms with van der Waals surface area (Å²) in [7, 11) is 0. The Balaban J connectivity index is 1.57. The van der Waals surface area contributed by atoms with Crippen molar-refractivity contribution in [2.75, 3.05) is 13.1 Å². The first kappa shape index (κ1) is 19.1. The lowest BCUT2D eigenvalue weighted by atomic mass is 9.99. The van der Waals surface area contributed by atoms with E-state index in [4.69, 9.17) is 0 Å². The van der Waals surface area contributed by atoms with Crippen LogP contribution in [0.3, 0.4) is 0 Å². The summed E-state index contributed by atoms with van der Waals surface area (Å²) in [5, 5.41) is 0.933. The van der Waals surface area contributed by atoms with Crippen molar-refractivity contribution in [1.82, 2.24) is 19.9 Å². The van der Waals surface area contributed by atoms with Gasteiger partial charge in [-0.1, -0.05) is 13.0 Å². The van der Waals surface area contributed by atoms with Gasteiger partial charge in [0.2, 0.25) is 0 Å². The quantitative estimate of drug-likeness (QED) is 0.683. The topological polar surface area (TPSA) is 79.0 Å². The van der Waals surface area contributed by atoms with Crippen LogP contribution in [0.4, 0.5) is 0 Å². The summed E-state index contributed by atoms with van der Waals surface area (Å²) >= 11 is 0. The molecule has 1 saturated heterocycles. The van der Waals surface area contributed by atoms with E-state index in [2.05, 4.69) is 21.9 Å². The Kier molecular flexibility index (Phi) is 5.25. The number of pyridine rings is 2. The highest BCUT2D eigenvalue weighted by atomic mass is 16.2. The van der Waals surface area contributed by atoms with Gasteiger partial charge in [0.25, 0.3) is 5.91 Å². The van der Waals surface area contributed by atoms with Gasteiger partial charge in [-0.2, -0.15) is 0 Å². The van der Waals surface area contributed by atoms with Crippen LogP contribution in [0, 0.1) is 5.92 Å². The second-order valence-electron chi connectivity index (χ2n) is 7.71. The van der Waals surface area contributed by atoms with Gasteiger partial charge >= 0.3 is 0 Å². The Morgan fingerprint density at radius 2 is 1.90 bits per heavy atom. The third kappa shape index (κ3) is 4.11. The number of allylic oxidation sites excluding steroid dienone is 1. The lowest BCUT2D eigenvalue weighted by Crippen LogP contribution is -2.38. The number of hydrogen-bond donors (Lipinski definition) is 1. The molecule has 0 aliphatic carbocycles. The van der Waals surface area contributed by atoms with E-state index in [0.29, 0.717) is 11.6 Å². The molecule has 0 saturated carbocycles. The number of piperidine rings is 1. The fraction of sp³-hybridized carbons (Fsp3) is 0.304. The Morgan fingerprint density at radius 3 is 2.59 bits per heavy atom. The molecule has 3 aromatic rings. The highest BCUT2D eigenvalue weighted by Crippen LogP contribution is 2.25. The van der Waals surface area contributed by atoms with Gasteiger partial charge in [-0.25, -0.2) is 4.98 Å². The molecule has 148 valence electrons. The van der Waals surface area contributed by atoms with E-state index in [1.54, 1.807) is 30.6 Å². The van der Waals surface area contributed by atoms with Crippen LogP contribution >= 0.6 is 0 Å². The lowest BCUT2D eigenvalue weighted by molar-refractivity contribution is -0.112. The second-order valence-corrected chi connectivity index (χ2v) is 7.71.